The van der Waals surface area contributed by atoms with E-state index < -0.39 is 0 Å². The number of ether oxygens (including phenoxy) is 1. The summed E-state index contributed by atoms with van der Waals surface area (Å²) >= 11 is 0. The molecule has 27 heavy (non-hydrogen) atoms. The fourth-order valence-corrected chi connectivity index (χ4v) is 3.11. The minimum atomic E-state index is -0.231. The van der Waals surface area contributed by atoms with E-state index in [4.69, 9.17) is 4.74 Å². The molecule has 0 unspecified atom stereocenters. The van der Waals surface area contributed by atoms with Crippen molar-refractivity contribution >= 4 is 28.9 Å². The van der Waals surface area contributed by atoms with E-state index in [1.165, 1.54) is 11.8 Å². The molecule has 0 atom stereocenters. The summed E-state index contributed by atoms with van der Waals surface area (Å²) in [6.07, 6.45) is 0. The molecule has 0 radical (unpaired) electrons. The van der Waals surface area contributed by atoms with Gasteiger partial charge in [-0.15, -0.1) is 0 Å². The molecule has 1 heterocycles. The number of amides is 2. The topological polar surface area (TPSA) is 61.9 Å². The zero-order valence-corrected chi connectivity index (χ0v) is 15.8. The van der Waals surface area contributed by atoms with Crippen LogP contribution in [0.25, 0.3) is 0 Å². The van der Waals surface area contributed by atoms with E-state index >= 15 is 0 Å². The predicted octanol–water partition coefficient (Wildman–Crippen LogP) is 2.82. The molecule has 0 aliphatic carbocycles. The van der Waals surface area contributed by atoms with Crippen LogP contribution in [0.1, 0.15) is 12.5 Å². The third-order valence-corrected chi connectivity index (χ3v) is 4.54. The van der Waals surface area contributed by atoms with E-state index in [-0.39, 0.29) is 18.4 Å². The van der Waals surface area contributed by atoms with E-state index in [9.17, 15) is 9.59 Å². The minimum Gasteiger partial charge on any atom is -0.378 e. The smallest absolute Gasteiger partial charge is 0.244 e. The van der Waals surface area contributed by atoms with Gasteiger partial charge in [0, 0.05) is 25.7 Å². The quantitative estimate of drug-likeness (QED) is 0.883. The molecule has 0 saturated carbocycles. The van der Waals surface area contributed by atoms with Crippen LogP contribution in [0.3, 0.4) is 0 Å². The normalized spacial score (nSPS) is 13.9. The summed E-state index contributed by atoms with van der Waals surface area (Å²) in [5.41, 5.74) is 3.53. The summed E-state index contributed by atoms with van der Waals surface area (Å²) in [6, 6.07) is 15.3. The molecule has 6 heteroatoms. The molecule has 0 aromatic heterocycles. The maximum Gasteiger partial charge on any atom is 0.244 e. The van der Waals surface area contributed by atoms with Crippen molar-refractivity contribution in [2.75, 3.05) is 48.0 Å². The maximum absolute atomic E-state index is 12.5. The van der Waals surface area contributed by atoms with Gasteiger partial charge in [-0.3, -0.25) is 9.59 Å². The fourth-order valence-electron chi connectivity index (χ4n) is 3.11. The van der Waals surface area contributed by atoms with Crippen molar-refractivity contribution in [3.8, 4) is 0 Å². The number of nitrogens with zero attached hydrogens (tertiary/aromatic N) is 2. The minimum absolute atomic E-state index is 0.0371. The fraction of sp³-hybridized carbons (Fsp3) is 0.333. The highest BCUT2D eigenvalue weighted by Crippen LogP contribution is 2.30. The highest BCUT2D eigenvalue weighted by Gasteiger charge is 2.22. The number of rotatable bonds is 5. The van der Waals surface area contributed by atoms with Crippen molar-refractivity contribution in [3.63, 3.8) is 0 Å². The molecule has 1 aliphatic heterocycles. The largest absolute Gasteiger partial charge is 0.378 e. The Kier molecular flexibility index (Phi) is 6.08. The lowest BCUT2D eigenvalue weighted by molar-refractivity contribution is -0.120. The number of carbonyl (C=O) groups is 2. The van der Waals surface area contributed by atoms with Crippen LogP contribution in [-0.4, -0.2) is 44.7 Å². The van der Waals surface area contributed by atoms with Crippen LogP contribution >= 0.6 is 0 Å². The van der Waals surface area contributed by atoms with Crippen LogP contribution in [0.2, 0.25) is 0 Å². The van der Waals surface area contributed by atoms with Gasteiger partial charge >= 0.3 is 0 Å². The standard InChI is InChI=1S/C21H25N3O3/c1-16-7-9-18(10-8-16)22-21(26)15-24(17(2)25)20-6-4-3-5-19(20)23-11-13-27-14-12-23/h3-10H,11-15H2,1-2H3,(H,22,26). The Morgan fingerprint density at radius 1 is 1.07 bits per heavy atom. The Labute approximate surface area is 159 Å². The number of morpholine rings is 1. The molecule has 0 bridgehead atoms. The number of carbonyl (C=O) groups excluding carboxylic acids is 2. The number of anilines is 3. The number of nitrogens with one attached hydrogen (secondary N) is 1. The third-order valence-electron chi connectivity index (χ3n) is 4.54. The zero-order valence-electron chi connectivity index (χ0n) is 15.8. The van der Waals surface area contributed by atoms with E-state index in [1.54, 1.807) is 0 Å². The average Bonchev–Trinajstić information content (AvgIpc) is 2.68. The van der Waals surface area contributed by atoms with Crippen LogP contribution in [0.15, 0.2) is 48.5 Å². The van der Waals surface area contributed by atoms with Crippen LogP contribution in [0, 0.1) is 6.92 Å². The Morgan fingerprint density at radius 3 is 2.41 bits per heavy atom. The summed E-state index contributed by atoms with van der Waals surface area (Å²) in [5.74, 6) is -0.402. The van der Waals surface area contributed by atoms with Crippen LogP contribution in [0.4, 0.5) is 17.1 Å². The Hall–Kier alpha value is -2.86. The van der Waals surface area contributed by atoms with Gasteiger partial charge in [0.2, 0.25) is 11.8 Å². The van der Waals surface area contributed by atoms with Gasteiger partial charge in [-0.25, -0.2) is 0 Å². The van der Waals surface area contributed by atoms with Gasteiger partial charge in [-0.05, 0) is 31.2 Å². The molecule has 2 aromatic rings. The number of hydrogen-bond donors (Lipinski definition) is 1. The maximum atomic E-state index is 12.5. The first-order valence-electron chi connectivity index (χ1n) is 9.11. The molecule has 142 valence electrons. The molecule has 6 nitrogen and oxygen atoms in total. The summed E-state index contributed by atoms with van der Waals surface area (Å²) in [4.78, 5) is 28.6. The average molecular weight is 367 g/mol. The lowest BCUT2D eigenvalue weighted by Gasteiger charge is -2.33. The lowest BCUT2D eigenvalue weighted by atomic mass is 10.2. The number of para-hydroxylation sites is 2. The predicted molar refractivity (Wildman–Crippen MR) is 107 cm³/mol. The first-order chi connectivity index (χ1) is 13.0. The van der Waals surface area contributed by atoms with Gasteiger partial charge in [0.1, 0.15) is 6.54 Å². The van der Waals surface area contributed by atoms with Gasteiger partial charge in [0.25, 0.3) is 0 Å². The first-order valence-corrected chi connectivity index (χ1v) is 9.11. The molecule has 1 fully saturated rings. The Balaban J connectivity index is 1.78. The van der Waals surface area contributed by atoms with Gasteiger partial charge in [-0.2, -0.15) is 0 Å². The van der Waals surface area contributed by atoms with Gasteiger partial charge in [-0.1, -0.05) is 29.8 Å². The second-order valence-corrected chi connectivity index (χ2v) is 6.61. The molecular weight excluding hydrogens is 342 g/mol. The summed E-state index contributed by atoms with van der Waals surface area (Å²) in [6.45, 7) is 6.27. The number of benzene rings is 2. The van der Waals surface area contributed by atoms with E-state index in [2.05, 4.69) is 10.2 Å². The van der Waals surface area contributed by atoms with Crippen molar-refractivity contribution in [1.29, 1.82) is 0 Å². The molecule has 3 rings (SSSR count). The first kappa shape index (κ1) is 18.9. The Bertz CT molecular complexity index is 799. The van der Waals surface area contributed by atoms with Crippen LogP contribution in [0.5, 0.6) is 0 Å². The second kappa shape index (κ2) is 8.68. The zero-order chi connectivity index (χ0) is 19.2. The van der Waals surface area contributed by atoms with Gasteiger partial charge in [0.15, 0.2) is 0 Å². The highest BCUT2D eigenvalue weighted by molar-refractivity contribution is 6.03. The van der Waals surface area contributed by atoms with Crippen LogP contribution in [-0.2, 0) is 14.3 Å². The molecule has 0 spiro atoms. The third kappa shape index (κ3) is 4.86. The van der Waals surface area contributed by atoms with Gasteiger partial charge in [0.05, 0.1) is 24.6 Å². The lowest BCUT2D eigenvalue weighted by Crippen LogP contribution is -2.40. The monoisotopic (exact) mass is 367 g/mol. The van der Waals surface area contributed by atoms with Crippen molar-refractivity contribution in [3.05, 3.63) is 54.1 Å². The van der Waals surface area contributed by atoms with Crippen LogP contribution < -0.4 is 15.1 Å². The molecule has 2 aromatic carbocycles. The van der Waals surface area contributed by atoms with E-state index in [0.29, 0.717) is 13.2 Å². The summed E-state index contributed by atoms with van der Waals surface area (Å²) in [7, 11) is 0. The van der Waals surface area contributed by atoms with Crippen molar-refractivity contribution in [1.82, 2.24) is 0 Å². The SMILES string of the molecule is CC(=O)N(CC(=O)Nc1ccc(C)cc1)c1ccccc1N1CCOCC1. The molecular formula is C21H25N3O3. The van der Waals surface area contributed by atoms with Crippen molar-refractivity contribution in [2.24, 2.45) is 0 Å². The molecule has 1 saturated heterocycles. The number of aryl methyl sites for hydroxylation is 1. The van der Waals surface area contributed by atoms with Gasteiger partial charge < -0.3 is 19.9 Å². The molecule has 2 amide bonds. The summed E-state index contributed by atoms with van der Waals surface area (Å²) < 4.78 is 5.42. The molecule has 1 N–H and O–H groups in total. The highest BCUT2D eigenvalue weighted by atomic mass is 16.5. The van der Waals surface area contributed by atoms with Crippen molar-refractivity contribution in [2.45, 2.75) is 13.8 Å². The number of hydrogen-bond acceptors (Lipinski definition) is 4. The second-order valence-electron chi connectivity index (χ2n) is 6.61. The summed E-state index contributed by atoms with van der Waals surface area (Å²) in [5, 5.41) is 2.86. The van der Waals surface area contributed by atoms with Crippen molar-refractivity contribution < 1.29 is 14.3 Å². The molecule has 1 aliphatic rings. The van der Waals surface area contributed by atoms with E-state index in [1.807, 2.05) is 55.5 Å². The Morgan fingerprint density at radius 2 is 1.74 bits per heavy atom. The van der Waals surface area contributed by atoms with E-state index in [0.717, 1.165) is 35.7 Å².